The van der Waals surface area contributed by atoms with Gasteiger partial charge in [0.25, 0.3) is 0 Å². The van der Waals surface area contributed by atoms with Crippen molar-refractivity contribution in [1.82, 2.24) is 10.6 Å². The van der Waals surface area contributed by atoms with Gasteiger partial charge in [0.05, 0.1) is 13.2 Å². The standard InChI is InChI=1S/C16H26N2O4/c1-16(2,3)22-15(20)18-11-13(19)10-17-9-12-5-7-14(21-4)8-6-12/h5-8,13,17,19H,9-11H2,1-4H3,(H,18,20)/t13-/m1/s1. The van der Waals surface area contributed by atoms with Crippen LogP contribution in [0.5, 0.6) is 5.75 Å². The summed E-state index contributed by atoms with van der Waals surface area (Å²) in [5.74, 6) is 0.811. The minimum atomic E-state index is -0.675. The Bertz CT molecular complexity index is 454. The molecular weight excluding hydrogens is 284 g/mol. The van der Waals surface area contributed by atoms with Gasteiger partial charge in [0, 0.05) is 19.6 Å². The van der Waals surface area contributed by atoms with Crippen molar-refractivity contribution in [1.29, 1.82) is 0 Å². The van der Waals surface area contributed by atoms with Crippen molar-refractivity contribution in [3.05, 3.63) is 29.8 Å². The highest BCUT2D eigenvalue weighted by Gasteiger charge is 2.16. The van der Waals surface area contributed by atoms with E-state index in [1.54, 1.807) is 27.9 Å². The SMILES string of the molecule is COc1ccc(CNC[C@@H](O)CNC(=O)OC(C)(C)C)cc1. The van der Waals surface area contributed by atoms with Crippen LogP contribution in [-0.4, -0.2) is 43.1 Å². The molecule has 1 atom stereocenters. The molecule has 0 aliphatic heterocycles. The lowest BCUT2D eigenvalue weighted by Crippen LogP contribution is -2.40. The topological polar surface area (TPSA) is 79.8 Å². The van der Waals surface area contributed by atoms with Gasteiger partial charge in [-0.15, -0.1) is 0 Å². The number of carbonyl (C=O) groups is 1. The van der Waals surface area contributed by atoms with E-state index in [1.165, 1.54) is 0 Å². The van der Waals surface area contributed by atoms with E-state index in [2.05, 4.69) is 10.6 Å². The van der Waals surface area contributed by atoms with Crippen LogP contribution in [0.15, 0.2) is 24.3 Å². The molecule has 0 radical (unpaired) electrons. The number of aliphatic hydroxyl groups excluding tert-OH is 1. The fourth-order valence-electron chi connectivity index (χ4n) is 1.71. The van der Waals surface area contributed by atoms with E-state index in [9.17, 15) is 9.90 Å². The second-order valence-corrected chi connectivity index (χ2v) is 6.02. The third kappa shape index (κ3) is 7.85. The summed E-state index contributed by atoms with van der Waals surface area (Å²) in [7, 11) is 1.63. The van der Waals surface area contributed by atoms with E-state index in [0.29, 0.717) is 13.1 Å². The Kier molecular flexibility index (Phi) is 7.14. The molecule has 1 aromatic rings. The van der Waals surface area contributed by atoms with Crippen molar-refractivity contribution in [2.75, 3.05) is 20.2 Å². The van der Waals surface area contributed by atoms with Crippen LogP contribution in [0.25, 0.3) is 0 Å². The maximum absolute atomic E-state index is 11.4. The highest BCUT2D eigenvalue weighted by atomic mass is 16.6. The van der Waals surface area contributed by atoms with Crippen molar-refractivity contribution < 1.29 is 19.4 Å². The molecule has 1 rings (SSSR count). The van der Waals surface area contributed by atoms with E-state index >= 15 is 0 Å². The zero-order chi connectivity index (χ0) is 16.6. The van der Waals surface area contributed by atoms with Gasteiger partial charge in [-0.1, -0.05) is 12.1 Å². The molecule has 0 spiro atoms. The van der Waals surface area contributed by atoms with Crippen LogP contribution in [0.2, 0.25) is 0 Å². The van der Waals surface area contributed by atoms with Gasteiger partial charge in [-0.3, -0.25) is 0 Å². The number of rotatable bonds is 7. The number of methoxy groups -OCH3 is 1. The second-order valence-electron chi connectivity index (χ2n) is 6.02. The fraction of sp³-hybridized carbons (Fsp3) is 0.562. The maximum atomic E-state index is 11.4. The van der Waals surface area contributed by atoms with Gasteiger partial charge < -0.3 is 25.2 Å². The molecule has 1 aromatic carbocycles. The molecule has 0 saturated heterocycles. The molecule has 0 bridgehead atoms. The number of hydrogen-bond acceptors (Lipinski definition) is 5. The van der Waals surface area contributed by atoms with Crippen LogP contribution >= 0.6 is 0 Å². The van der Waals surface area contributed by atoms with Crippen LogP contribution < -0.4 is 15.4 Å². The zero-order valence-corrected chi connectivity index (χ0v) is 13.7. The first kappa shape index (κ1) is 18.3. The smallest absolute Gasteiger partial charge is 0.407 e. The monoisotopic (exact) mass is 310 g/mol. The summed E-state index contributed by atoms with van der Waals surface area (Å²) in [5, 5.41) is 15.5. The first-order chi connectivity index (χ1) is 10.3. The van der Waals surface area contributed by atoms with Gasteiger partial charge in [0.1, 0.15) is 11.4 Å². The summed E-state index contributed by atoms with van der Waals surface area (Å²) in [5.41, 5.74) is 0.551. The molecular formula is C16H26N2O4. The fourth-order valence-corrected chi connectivity index (χ4v) is 1.71. The predicted octanol–water partition coefficient (Wildman–Crippen LogP) is 1.67. The first-order valence-electron chi connectivity index (χ1n) is 7.29. The Morgan fingerprint density at radius 3 is 2.41 bits per heavy atom. The Morgan fingerprint density at radius 1 is 1.23 bits per heavy atom. The van der Waals surface area contributed by atoms with Gasteiger partial charge in [0.15, 0.2) is 0 Å². The summed E-state index contributed by atoms with van der Waals surface area (Å²) in [6.07, 6.45) is -1.20. The maximum Gasteiger partial charge on any atom is 0.407 e. The minimum absolute atomic E-state index is 0.143. The van der Waals surface area contributed by atoms with Crippen LogP contribution in [0.3, 0.4) is 0 Å². The van der Waals surface area contributed by atoms with Crippen molar-refractivity contribution in [3.8, 4) is 5.75 Å². The number of ether oxygens (including phenoxy) is 2. The molecule has 0 aliphatic rings. The Labute approximate surface area is 131 Å². The number of amides is 1. The molecule has 6 heteroatoms. The van der Waals surface area contributed by atoms with E-state index in [-0.39, 0.29) is 6.54 Å². The Morgan fingerprint density at radius 2 is 1.86 bits per heavy atom. The van der Waals surface area contributed by atoms with Crippen LogP contribution in [0.4, 0.5) is 4.79 Å². The molecule has 0 aliphatic carbocycles. The van der Waals surface area contributed by atoms with Crippen LogP contribution in [0.1, 0.15) is 26.3 Å². The number of aliphatic hydroxyl groups is 1. The Balaban J connectivity index is 2.20. The molecule has 0 unspecified atom stereocenters. The molecule has 0 heterocycles. The molecule has 0 aromatic heterocycles. The normalized spacial score (nSPS) is 12.6. The number of carbonyl (C=O) groups excluding carboxylic acids is 1. The largest absolute Gasteiger partial charge is 0.497 e. The van der Waals surface area contributed by atoms with Crippen molar-refractivity contribution in [2.24, 2.45) is 0 Å². The van der Waals surface area contributed by atoms with Crippen LogP contribution in [0, 0.1) is 0 Å². The van der Waals surface area contributed by atoms with Gasteiger partial charge >= 0.3 is 6.09 Å². The van der Waals surface area contributed by atoms with E-state index in [0.717, 1.165) is 11.3 Å². The first-order valence-corrected chi connectivity index (χ1v) is 7.29. The summed E-state index contributed by atoms with van der Waals surface area (Å²) >= 11 is 0. The van der Waals surface area contributed by atoms with E-state index in [4.69, 9.17) is 9.47 Å². The van der Waals surface area contributed by atoms with Gasteiger partial charge in [-0.25, -0.2) is 4.79 Å². The average molecular weight is 310 g/mol. The van der Waals surface area contributed by atoms with Gasteiger partial charge in [0.2, 0.25) is 0 Å². The lowest BCUT2D eigenvalue weighted by atomic mass is 10.2. The lowest BCUT2D eigenvalue weighted by molar-refractivity contribution is 0.0492. The van der Waals surface area contributed by atoms with E-state index < -0.39 is 17.8 Å². The molecule has 1 amide bonds. The summed E-state index contributed by atoms with van der Waals surface area (Å²) in [4.78, 5) is 11.4. The predicted molar refractivity (Wildman–Crippen MR) is 84.9 cm³/mol. The number of nitrogens with one attached hydrogen (secondary N) is 2. The third-order valence-electron chi connectivity index (χ3n) is 2.75. The second kappa shape index (κ2) is 8.60. The summed E-state index contributed by atoms with van der Waals surface area (Å²) in [6, 6.07) is 7.68. The average Bonchev–Trinajstić information content (AvgIpc) is 2.44. The molecule has 22 heavy (non-hydrogen) atoms. The summed E-state index contributed by atoms with van der Waals surface area (Å²) < 4.78 is 10.2. The molecule has 0 fully saturated rings. The van der Waals surface area contributed by atoms with Gasteiger partial charge in [-0.2, -0.15) is 0 Å². The summed E-state index contributed by atoms with van der Waals surface area (Å²) in [6.45, 7) is 6.53. The molecule has 3 N–H and O–H groups in total. The highest BCUT2D eigenvalue weighted by molar-refractivity contribution is 5.67. The molecule has 124 valence electrons. The third-order valence-corrected chi connectivity index (χ3v) is 2.75. The van der Waals surface area contributed by atoms with Crippen LogP contribution in [-0.2, 0) is 11.3 Å². The Hall–Kier alpha value is -1.79. The number of alkyl carbamates (subject to hydrolysis) is 1. The molecule has 0 saturated carbocycles. The number of benzene rings is 1. The highest BCUT2D eigenvalue weighted by Crippen LogP contribution is 2.10. The quantitative estimate of drug-likeness (QED) is 0.714. The minimum Gasteiger partial charge on any atom is -0.497 e. The van der Waals surface area contributed by atoms with Gasteiger partial charge in [-0.05, 0) is 38.5 Å². The lowest BCUT2D eigenvalue weighted by Gasteiger charge is -2.20. The van der Waals surface area contributed by atoms with E-state index in [1.807, 2.05) is 24.3 Å². The molecule has 6 nitrogen and oxygen atoms in total. The number of hydrogen-bond donors (Lipinski definition) is 3. The zero-order valence-electron chi connectivity index (χ0n) is 13.7. The van der Waals surface area contributed by atoms with Crippen molar-refractivity contribution >= 4 is 6.09 Å². The van der Waals surface area contributed by atoms with Crippen molar-refractivity contribution in [3.63, 3.8) is 0 Å². The van der Waals surface area contributed by atoms with Crippen molar-refractivity contribution in [2.45, 2.75) is 39.0 Å².